The number of rotatable bonds is 6. The number of halogens is 2. The number of amides is 1. The van der Waals surface area contributed by atoms with Gasteiger partial charge in [0.2, 0.25) is 5.91 Å². The van der Waals surface area contributed by atoms with E-state index in [0.29, 0.717) is 22.6 Å². The van der Waals surface area contributed by atoms with E-state index in [4.69, 9.17) is 0 Å². The zero-order chi connectivity index (χ0) is 21.8. The SMILES string of the molecule is Cc1c(C#N)c(NC(=O)CNC(C)c2ccccc2F)n(-c2ccc(F)cc2)c1C. The first-order valence-electron chi connectivity index (χ1n) is 9.49. The molecule has 0 bridgehead atoms. The highest BCUT2D eigenvalue weighted by molar-refractivity contribution is 5.93. The van der Waals surface area contributed by atoms with Gasteiger partial charge in [-0.15, -0.1) is 0 Å². The lowest BCUT2D eigenvalue weighted by atomic mass is 10.1. The van der Waals surface area contributed by atoms with Gasteiger partial charge in [-0.25, -0.2) is 8.78 Å². The van der Waals surface area contributed by atoms with E-state index in [1.54, 1.807) is 48.7 Å². The monoisotopic (exact) mass is 408 g/mol. The maximum Gasteiger partial charge on any atom is 0.239 e. The Labute approximate surface area is 174 Å². The van der Waals surface area contributed by atoms with Gasteiger partial charge in [0.05, 0.1) is 12.1 Å². The van der Waals surface area contributed by atoms with Crippen LogP contribution in [0.15, 0.2) is 48.5 Å². The van der Waals surface area contributed by atoms with Crippen molar-refractivity contribution < 1.29 is 13.6 Å². The van der Waals surface area contributed by atoms with Gasteiger partial charge in [-0.3, -0.25) is 9.36 Å². The Morgan fingerprint density at radius 2 is 1.80 bits per heavy atom. The largest absolute Gasteiger partial charge is 0.310 e. The van der Waals surface area contributed by atoms with Crippen molar-refractivity contribution in [2.75, 3.05) is 11.9 Å². The molecule has 2 aromatic carbocycles. The normalized spacial score (nSPS) is 11.7. The zero-order valence-corrected chi connectivity index (χ0v) is 17.0. The average Bonchev–Trinajstić information content (AvgIpc) is 2.96. The van der Waals surface area contributed by atoms with Crippen LogP contribution in [0, 0.1) is 36.8 Å². The summed E-state index contributed by atoms with van der Waals surface area (Å²) in [5.41, 5.74) is 2.92. The van der Waals surface area contributed by atoms with Crippen LogP contribution in [-0.4, -0.2) is 17.0 Å². The molecule has 1 unspecified atom stereocenters. The maximum absolute atomic E-state index is 13.9. The van der Waals surface area contributed by atoms with E-state index in [2.05, 4.69) is 16.7 Å². The lowest BCUT2D eigenvalue weighted by molar-refractivity contribution is -0.115. The van der Waals surface area contributed by atoms with Gasteiger partial charge >= 0.3 is 0 Å². The van der Waals surface area contributed by atoms with Gasteiger partial charge in [0.15, 0.2) is 0 Å². The molecule has 1 atom stereocenters. The highest BCUT2D eigenvalue weighted by atomic mass is 19.1. The molecule has 0 saturated carbocycles. The average molecular weight is 408 g/mol. The van der Waals surface area contributed by atoms with E-state index in [1.165, 1.54) is 18.2 Å². The minimum atomic E-state index is -0.379. The van der Waals surface area contributed by atoms with E-state index in [0.717, 1.165) is 11.3 Å². The zero-order valence-electron chi connectivity index (χ0n) is 17.0. The van der Waals surface area contributed by atoms with Crippen molar-refractivity contribution in [3.63, 3.8) is 0 Å². The number of hydrogen-bond donors (Lipinski definition) is 2. The summed E-state index contributed by atoms with van der Waals surface area (Å²) in [5, 5.41) is 15.4. The summed E-state index contributed by atoms with van der Waals surface area (Å²) >= 11 is 0. The summed E-state index contributed by atoms with van der Waals surface area (Å²) in [4.78, 5) is 12.6. The van der Waals surface area contributed by atoms with E-state index in [9.17, 15) is 18.8 Å². The van der Waals surface area contributed by atoms with Crippen molar-refractivity contribution in [1.82, 2.24) is 9.88 Å². The highest BCUT2D eigenvalue weighted by Gasteiger charge is 2.21. The molecule has 2 N–H and O–H groups in total. The first-order chi connectivity index (χ1) is 14.3. The molecule has 1 aromatic heterocycles. The lowest BCUT2D eigenvalue weighted by Gasteiger charge is -2.16. The van der Waals surface area contributed by atoms with Crippen LogP contribution in [0.3, 0.4) is 0 Å². The van der Waals surface area contributed by atoms with Crippen molar-refractivity contribution in [3.05, 3.63) is 82.5 Å². The van der Waals surface area contributed by atoms with E-state index >= 15 is 0 Å². The number of carbonyl (C=O) groups excluding carboxylic acids is 1. The molecule has 5 nitrogen and oxygen atoms in total. The molecule has 3 aromatic rings. The Kier molecular flexibility index (Phi) is 6.28. The fourth-order valence-electron chi connectivity index (χ4n) is 3.33. The number of anilines is 1. The summed E-state index contributed by atoms with van der Waals surface area (Å²) in [6, 6.07) is 13.9. The van der Waals surface area contributed by atoms with Crippen LogP contribution in [0.1, 0.15) is 35.3 Å². The lowest BCUT2D eigenvalue weighted by Crippen LogP contribution is -2.31. The van der Waals surface area contributed by atoms with Crippen molar-refractivity contribution in [1.29, 1.82) is 5.26 Å². The number of benzene rings is 2. The molecule has 0 spiro atoms. The number of nitrogens with one attached hydrogen (secondary N) is 2. The highest BCUT2D eigenvalue weighted by Crippen LogP contribution is 2.30. The van der Waals surface area contributed by atoms with Gasteiger partial charge in [-0.1, -0.05) is 18.2 Å². The van der Waals surface area contributed by atoms with Crippen molar-refractivity contribution >= 4 is 11.7 Å². The van der Waals surface area contributed by atoms with Gasteiger partial charge in [-0.2, -0.15) is 5.26 Å². The Morgan fingerprint density at radius 3 is 2.43 bits per heavy atom. The van der Waals surface area contributed by atoms with E-state index in [-0.39, 0.29) is 30.1 Å². The van der Waals surface area contributed by atoms with Crippen LogP contribution in [0.5, 0.6) is 0 Å². The molecule has 154 valence electrons. The molecule has 3 rings (SSSR count). The Hall–Kier alpha value is -3.50. The molecule has 0 aliphatic carbocycles. The maximum atomic E-state index is 13.9. The summed E-state index contributed by atoms with van der Waals surface area (Å²) in [7, 11) is 0. The molecule has 30 heavy (non-hydrogen) atoms. The Balaban J connectivity index is 1.83. The molecule has 0 radical (unpaired) electrons. The fraction of sp³-hybridized carbons (Fsp3) is 0.217. The van der Waals surface area contributed by atoms with Crippen LogP contribution < -0.4 is 10.6 Å². The molecule has 1 heterocycles. The Morgan fingerprint density at radius 1 is 1.13 bits per heavy atom. The second kappa shape index (κ2) is 8.89. The summed E-state index contributed by atoms with van der Waals surface area (Å²) < 4.78 is 29.0. The number of nitrogens with zero attached hydrogens (tertiary/aromatic N) is 2. The molecular formula is C23H22F2N4O. The smallest absolute Gasteiger partial charge is 0.239 e. The molecule has 7 heteroatoms. The third kappa shape index (κ3) is 4.24. The van der Waals surface area contributed by atoms with Crippen molar-refractivity contribution in [2.24, 2.45) is 0 Å². The quantitative estimate of drug-likeness (QED) is 0.629. The predicted octanol–water partition coefficient (Wildman–Crippen LogP) is 4.53. The minimum absolute atomic E-state index is 0.0763. The van der Waals surface area contributed by atoms with E-state index in [1.807, 2.05) is 6.92 Å². The predicted molar refractivity (Wildman–Crippen MR) is 111 cm³/mol. The second-order valence-electron chi connectivity index (χ2n) is 7.03. The van der Waals surface area contributed by atoms with Crippen LogP contribution in [0.2, 0.25) is 0 Å². The number of carbonyl (C=O) groups is 1. The molecule has 0 aliphatic rings. The van der Waals surface area contributed by atoms with Crippen LogP contribution in [0.4, 0.5) is 14.6 Å². The summed E-state index contributed by atoms with van der Waals surface area (Å²) in [6.07, 6.45) is 0. The fourth-order valence-corrected chi connectivity index (χ4v) is 3.33. The molecule has 1 amide bonds. The second-order valence-corrected chi connectivity index (χ2v) is 7.03. The van der Waals surface area contributed by atoms with Gasteiger partial charge in [0.25, 0.3) is 0 Å². The minimum Gasteiger partial charge on any atom is -0.310 e. The van der Waals surface area contributed by atoms with Crippen LogP contribution >= 0.6 is 0 Å². The third-order valence-corrected chi connectivity index (χ3v) is 5.11. The van der Waals surface area contributed by atoms with Gasteiger partial charge in [0, 0.05) is 23.0 Å². The standard InChI is InChI=1S/C23H22F2N4O/c1-14-16(3)29(18-10-8-17(24)9-11-18)23(20(14)12-26)28-22(30)13-27-15(2)19-6-4-5-7-21(19)25/h4-11,15,27H,13H2,1-3H3,(H,28,30). The Bertz CT molecular complexity index is 1110. The van der Waals surface area contributed by atoms with Crippen LogP contribution in [0.25, 0.3) is 5.69 Å². The topological polar surface area (TPSA) is 69.8 Å². The first-order valence-corrected chi connectivity index (χ1v) is 9.49. The third-order valence-electron chi connectivity index (χ3n) is 5.11. The first kappa shape index (κ1) is 21.2. The number of aromatic nitrogens is 1. The van der Waals surface area contributed by atoms with Crippen molar-refractivity contribution in [3.8, 4) is 11.8 Å². The summed E-state index contributed by atoms with van der Waals surface area (Å²) in [5.74, 6) is -0.779. The molecular weight excluding hydrogens is 386 g/mol. The molecule has 0 saturated heterocycles. The van der Waals surface area contributed by atoms with Gasteiger partial charge in [0.1, 0.15) is 23.5 Å². The van der Waals surface area contributed by atoms with Gasteiger partial charge < -0.3 is 10.6 Å². The van der Waals surface area contributed by atoms with Crippen LogP contribution in [-0.2, 0) is 4.79 Å². The van der Waals surface area contributed by atoms with E-state index < -0.39 is 0 Å². The number of nitriles is 1. The van der Waals surface area contributed by atoms with Gasteiger partial charge in [-0.05, 0) is 56.7 Å². The molecule has 0 fully saturated rings. The van der Waals surface area contributed by atoms with Crippen molar-refractivity contribution in [2.45, 2.75) is 26.8 Å². The molecule has 0 aliphatic heterocycles. The number of hydrogen-bond acceptors (Lipinski definition) is 3. The summed E-state index contributed by atoms with van der Waals surface area (Å²) in [6.45, 7) is 5.31.